The van der Waals surface area contributed by atoms with E-state index < -0.39 is 6.04 Å². The largest absolute Gasteiger partial charge is 0.465 e. The number of carbonyl (C=O) groups is 1. The van der Waals surface area contributed by atoms with E-state index in [1.54, 1.807) is 18.7 Å². The van der Waals surface area contributed by atoms with Crippen molar-refractivity contribution in [2.75, 3.05) is 24.7 Å². The molecule has 5 heteroatoms. The zero-order valence-corrected chi connectivity index (χ0v) is 10.8. The fraction of sp³-hybridized carbons (Fsp3) is 0.909. The molecule has 96 valence electrons. The average Bonchev–Trinajstić information content (AvgIpc) is 2.28. The van der Waals surface area contributed by atoms with Crippen molar-refractivity contribution in [3.63, 3.8) is 0 Å². The molecule has 4 nitrogen and oxygen atoms in total. The molecule has 0 rings (SSSR count). The maximum absolute atomic E-state index is 11.2. The van der Waals surface area contributed by atoms with Crippen LogP contribution in [0.4, 0.5) is 0 Å². The van der Waals surface area contributed by atoms with Crippen molar-refractivity contribution in [1.29, 1.82) is 0 Å². The number of hydrogen-bond donors (Lipinski definition) is 2. The summed E-state index contributed by atoms with van der Waals surface area (Å²) in [6.07, 6.45) is 4.19. The Kier molecular flexibility index (Phi) is 11.0. The van der Waals surface area contributed by atoms with Crippen molar-refractivity contribution in [2.24, 2.45) is 5.73 Å². The zero-order valence-electron chi connectivity index (χ0n) is 9.98. The van der Waals surface area contributed by atoms with Gasteiger partial charge in [0, 0.05) is 12.4 Å². The van der Waals surface area contributed by atoms with E-state index >= 15 is 0 Å². The molecule has 0 saturated heterocycles. The number of hydrogen-bond acceptors (Lipinski definition) is 5. The quantitative estimate of drug-likeness (QED) is 0.449. The van der Waals surface area contributed by atoms with Crippen LogP contribution in [0.25, 0.3) is 0 Å². The third-order valence-electron chi connectivity index (χ3n) is 2.08. The molecule has 0 spiro atoms. The van der Waals surface area contributed by atoms with Crippen LogP contribution in [0.1, 0.15) is 32.6 Å². The summed E-state index contributed by atoms with van der Waals surface area (Å²) in [5.74, 6) is 1.33. The van der Waals surface area contributed by atoms with Crippen LogP contribution in [-0.4, -0.2) is 41.8 Å². The van der Waals surface area contributed by atoms with Crippen LogP contribution in [0.15, 0.2) is 0 Å². The summed E-state index contributed by atoms with van der Waals surface area (Å²) in [7, 11) is 0. The Morgan fingerprint density at radius 3 is 2.69 bits per heavy atom. The van der Waals surface area contributed by atoms with E-state index in [1.165, 1.54) is 0 Å². The Morgan fingerprint density at radius 1 is 1.38 bits per heavy atom. The molecule has 0 bridgehead atoms. The first kappa shape index (κ1) is 15.7. The summed E-state index contributed by atoms with van der Waals surface area (Å²) in [5, 5.41) is 8.58. The maximum Gasteiger partial charge on any atom is 0.323 e. The molecule has 1 unspecified atom stereocenters. The van der Waals surface area contributed by atoms with Gasteiger partial charge in [-0.25, -0.2) is 0 Å². The lowest BCUT2D eigenvalue weighted by atomic mass is 10.2. The van der Waals surface area contributed by atoms with Crippen molar-refractivity contribution in [3.05, 3.63) is 0 Å². The standard InChI is InChI=1S/C11H23NO3S/c1-2-15-11(14)10(12)9-16-8-6-4-3-5-7-13/h10,13H,2-9,12H2,1H3. The number of aliphatic hydroxyl groups is 1. The third kappa shape index (κ3) is 9.00. The van der Waals surface area contributed by atoms with E-state index in [1.807, 2.05) is 0 Å². The molecule has 0 amide bonds. The first-order chi connectivity index (χ1) is 7.72. The number of unbranched alkanes of at least 4 members (excludes halogenated alkanes) is 3. The molecule has 0 fully saturated rings. The van der Waals surface area contributed by atoms with Gasteiger partial charge in [-0.1, -0.05) is 12.8 Å². The van der Waals surface area contributed by atoms with Gasteiger partial charge in [0.25, 0.3) is 0 Å². The molecule has 16 heavy (non-hydrogen) atoms. The van der Waals surface area contributed by atoms with Gasteiger partial charge in [-0.3, -0.25) is 4.79 Å². The predicted octanol–water partition coefficient (Wildman–Crippen LogP) is 1.16. The molecule has 0 radical (unpaired) electrons. The molecule has 0 heterocycles. The average molecular weight is 249 g/mol. The minimum Gasteiger partial charge on any atom is -0.465 e. The molecule has 0 saturated carbocycles. The lowest BCUT2D eigenvalue weighted by Crippen LogP contribution is -2.34. The van der Waals surface area contributed by atoms with E-state index in [4.69, 9.17) is 15.6 Å². The Bertz CT molecular complexity index is 179. The topological polar surface area (TPSA) is 72.5 Å². The van der Waals surface area contributed by atoms with E-state index in [-0.39, 0.29) is 12.6 Å². The highest BCUT2D eigenvalue weighted by Crippen LogP contribution is 2.08. The summed E-state index contributed by atoms with van der Waals surface area (Å²) in [6, 6.07) is -0.498. The van der Waals surface area contributed by atoms with Gasteiger partial charge >= 0.3 is 5.97 Å². The van der Waals surface area contributed by atoms with E-state index in [9.17, 15) is 4.79 Å². The lowest BCUT2D eigenvalue weighted by Gasteiger charge is -2.09. The molecule has 0 aliphatic rings. The van der Waals surface area contributed by atoms with Crippen LogP contribution in [0.2, 0.25) is 0 Å². The smallest absolute Gasteiger partial charge is 0.323 e. The number of carbonyl (C=O) groups excluding carboxylic acids is 1. The SMILES string of the molecule is CCOC(=O)C(N)CSCCCCCCO. The van der Waals surface area contributed by atoms with Gasteiger partial charge in [0.05, 0.1) is 6.61 Å². The van der Waals surface area contributed by atoms with Crippen molar-refractivity contribution in [2.45, 2.75) is 38.6 Å². The fourth-order valence-corrected chi connectivity index (χ4v) is 2.16. The Balaban J connectivity index is 3.27. The molecular weight excluding hydrogens is 226 g/mol. The second-order valence-corrected chi connectivity index (χ2v) is 4.72. The van der Waals surface area contributed by atoms with Crippen molar-refractivity contribution >= 4 is 17.7 Å². The highest BCUT2D eigenvalue weighted by Gasteiger charge is 2.13. The second-order valence-electron chi connectivity index (χ2n) is 3.57. The molecule has 0 aliphatic carbocycles. The molecule has 0 aliphatic heterocycles. The summed E-state index contributed by atoms with van der Waals surface area (Å²) < 4.78 is 4.81. The molecule has 0 aromatic heterocycles. The summed E-state index contributed by atoms with van der Waals surface area (Å²) >= 11 is 1.69. The monoisotopic (exact) mass is 249 g/mol. The molecule has 1 atom stereocenters. The van der Waals surface area contributed by atoms with Gasteiger partial charge in [0.2, 0.25) is 0 Å². The number of thioether (sulfide) groups is 1. The fourth-order valence-electron chi connectivity index (χ4n) is 1.20. The number of nitrogens with two attached hydrogens (primary N) is 1. The molecule has 0 aromatic rings. The van der Waals surface area contributed by atoms with Crippen LogP contribution in [-0.2, 0) is 9.53 Å². The van der Waals surface area contributed by atoms with Gasteiger partial charge in [-0.15, -0.1) is 0 Å². The normalized spacial score (nSPS) is 12.4. The number of esters is 1. The van der Waals surface area contributed by atoms with Gasteiger partial charge in [0.15, 0.2) is 0 Å². The maximum atomic E-state index is 11.2. The van der Waals surface area contributed by atoms with E-state index in [0.717, 1.165) is 31.4 Å². The highest BCUT2D eigenvalue weighted by molar-refractivity contribution is 7.99. The number of ether oxygens (including phenoxy) is 1. The van der Waals surface area contributed by atoms with Crippen LogP contribution in [0.3, 0.4) is 0 Å². The van der Waals surface area contributed by atoms with Crippen LogP contribution in [0.5, 0.6) is 0 Å². The summed E-state index contributed by atoms with van der Waals surface area (Å²) in [6.45, 7) is 2.44. The lowest BCUT2D eigenvalue weighted by molar-refractivity contribution is -0.144. The summed E-state index contributed by atoms with van der Waals surface area (Å²) in [5.41, 5.74) is 5.64. The van der Waals surface area contributed by atoms with Crippen LogP contribution < -0.4 is 5.73 Å². The second kappa shape index (κ2) is 11.2. The minimum atomic E-state index is -0.498. The zero-order chi connectivity index (χ0) is 12.2. The van der Waals surface area contributed by atoms with E-state index in [0.29, 0.717) is 12.4 Å². The Labute approximate surface area is 102 Å². The van der Waals surface area contributed by atoms with Crippen molar-refractivity contribution in [3.8, 4) is 0 Å². The van der Waals surface area contributed by atoms with Crippen molar-refractivity contribution in [1.82, 2.24) is 0 Å². The first-order valence-corrected chi connectivity index (χ1v) is 6.98. The Morgan fingerprint density at radius 2 is 2.06 bits per heavy atom. The highest BCUT2D eigenvalue weighted by atomic mass is 32.2. The first-order valence-electron chi connectivity index (χ1n) is 5.83. The minimum absolute atomic E-state index is 0.279. The van der Waals surface area contributed by atoms with Gasteiger partial charge in [0.1, 0.15) is 6.04 Å². The Hall–Kier alpha value is -0.260. The summed E-state index contributed by atoms with van der Waals surface area (Å²) in [4.78, 5) is 11.2. The molecular formula is C11H23NO3S. The number of aliphatic hydroxyl groups excluding tert-OH is 1. The molecule has 0 aromatic carbocycles. The van der Waals surface area contributed by atoms with Crippen molar-refractivity contribution < 1.29 is 14.6 Å². The third-order valence-corrected chi connectivity index (χ3v) is 3.26. The van der Waals surface area contributed by atoms with Gasteiger partial charge in [-0.05, 0) is 25.5 Å². The van der Waals surface area contributed by atoms with E-state index in [2.05, 4.69) is 0 Å². The number of rotatable bonds is 10. The van der Waals surface area contributed by atoms with Crippen LogP contribution in [0, 0.1) is 0 Å². The van der Waals surface area contributed by atoms with Crippen LogP contribution >= 0.6 is 11.8 Å². The predicted molar refractivity (Wildman–Crippen MR) is 67.5 cm³/mol. The molecule has 3 N–H and O–H groups in total. The van der Waals surface area contributed by atoms with Gasteiger partial charge < -0.3 is 15.6 Å². The van der Waals surface area contributed by atoms with Gasteiger partial charge in [-0.2, -0.15) is 11.8 Å².